The molecule has 0 radical (unpaired) electrons. The Balaban J connectivity index is 2.05. The van der Waals surface area contributed by atoms with E-state index in [4.69, 9.17) is 23.8 Å². The van der Waals surface area contributed by atoms with Crippen molar-refractivity contribution in [2.75, 3.05) is 10.6 Å². The van der Waals surface area contributed by atoms with Crippen molar-refractivity contribution < 1.29 is 4.39 Å². The van der Waals surface area contributed by atoms with Gasteiger partial charge >= 0.3 is 0 Å². The molecule has 0 saturated heterocycles. The molecular weight excluding hydrogens is 283 g/mol. The Morgan fingerprint density at radius 2 is 1.89 bits per heavy atom. The van der Waals surface area contributed by atoms with Gasteiger partial charge in [-0.2, -0.15) is 0 Å². The molecule has 0 saturated carbocycles. The number of anilines is 2. The van der Waals surface area contributed by atoms with E-state index in [1.807, 2.05) is 19.1 Å². The van der Waals surface area contributed by atoms with Crippen LogP contribution in [0.1, 0.15) is 5.56 Å². The van der Waals surface area contributed by atoms with E-state index >= 15 is 0 Å². The van der Waals surface area contributed by atoms with E-state index in [9.17, 15) is 4.39 Å². The molecule has 0 aliphatic rings. The zero-order valence-corrected chi connectivity index (χ0v) is 11.8. The van der Waals surface area contributed by atoms with E-state index in [1.165, 1.54) is 6.07 Å². The van der Waals surface area contributed by atoms with Crippen molar-refractivity contribution in [3.8, 4) is 0 Å². The Kier molecular flexibility index (Phi) is 4.35. The maximum atomic E-state index is 13.4. The van der Waals surface area contributed by atoms with Gasteiger partial charge in [-0.1, -0.05) is 29.8 Å². The first kappa shape index (κ1) is 13.8. The van der Waals surface area contributed by atoms with E-state index in [-0.39, 0.29) is 5.82 Å². The number of rotatable bonds is 2. The summed E-state index contributed by atoms with van der Waals surface area (Å²) < 4.78 is 13.4. The van der Waals surface area contributed by atoms with Gasteiger partial charge in [0.15, 0.2) is 5.11 Å². The molecule has 2 nitrogen and oxygen atoms in total. The first-order valence-corrected chi connectivity index (χ1v) is 6.43. The number of aryl methyl sites for hydroxylation is 1. The average molecular weight is 295 g/mol. The molecule has 2 aromatic rings. The highest BCUT2D eigenvalue weighted by molar-refractivity contribution is 7.80. The zero-order chi connectivity index (χ0) is 13.8. The monoisotopic (exact) mass is 294 g/mol. The molecule has 5 heteroatoms. The summed E-state index contributed by atoms with van der Waals surface area (Å²) in [5.41, 5.74) is 2.07. The summed E-state index contributed by atoms with van der Waals surface area (Å²) in [6.07, 6.45) is 0. The number of benzene rings is 2. The van der Waals surface area contributed by atoms with Crippen molar-refractivity contribution >= 4 is 40.3 Å². The second-order valence-electron chi connectivity index (χ2n) is 4.02. The molecule has 0 unspecified atom stereocenters. The molecule has 0 atom stereocenters. The third-order valence-electron chi connectivity index (χ3n) is 2.55. The second-order valence-corrected chi connectivity index (χ2v) is 4.84. The second kappa shape index (κ2) is 5.99. The minimum Gasteiger partial charge on any atom is -0.332 e. The molecule has 19 heavy (non-hydrogen) atoms. The van der Waals surface area contributed by atoms with Gasteiger partial charge in [0.25, 0.3) is 0 Å². The molecule has 0 amide bonds. The van der Waals surface area contributed by atoms with Crippen molar-refractivity contribution in [3.63, 3.8) is 0 Å². The molecule has 0 aliphatic heterocycles. The normalized spacial score (nSPS) is 10.1. The molecule has 0 spiro atoms. The van der Waals surface area contributed by atoms with E-state index in [0.29, 0.717) is 15.8 Å². The summed E-state index contributed by atoms with van der Waals surface area (Å²) in [5, 5.41) is 6.71. The molecule has 2 N–H and O–H groups in total. The lowest BCUT2D eigenvalue weighted by atomic mass is 10.2. The summed E-state index contributed by atoms with van der Waals surface area (Å²) in [5.74, 6) is -0.353. The van der Waals surface area contributed by atoms with Crippen molar-refractivity contribution in [1.82, 2.24) is 0 Å². The van der Waals surface area contributed by atoms with E-state index in [2.05, 4.69) is 10.6 Å². The number of hydrogen-bond acceptors (Lipinski definition) is 1. The van der Waals surface area contributed by atoms with Crippen LogP contribution in [0.15, 0.2) is 42.5 Å². The summed E-state index contributed by atoms with van der Waals surface area (Å²) in [4.78, 5) is 0. The third kappa shape index (κ3) is 3.66. The Morgan fingerprint density at radius 3 is 2.58 bits per heavy atom. The standard InChI is InChI=1S/C14H12ClFN2S/c1-9-6-7-10(8-11(9)15)17-14(19)18-13-5-3-2-4-12(13)16/h2-8H,1H3,(H2,17,18,19). The Hall–Kier alpha value is -1.65. The van der Waals surface area contributed by atoms with Crippen LogP contribution >= 0.6 is 23.8 Å². The van der Waals surface area contributed by atoms with Crippen molar-refractivity contribution in [1.29, 1.82) is 0 Å². The number of nitrogens with one attached hydrogen (secondary N) is 2. The summed E-state index contributed by atoms with van der Waals surface area (Å²) in [6, 6.07) is 11.9. The van der Waals surface area contributed by atoms with Gasteiger partial charge in [0.05, 0.1) is 5.69 Å². The Labute approximate surface area is 121 Å². The van der Waals surface area contributed by atoms with Crippen LogP contribution in [0.2, 0.25) is 5.02 Å². The highest BCUT2D eigenvalue weighted by Crippen LogP contribution is 2.20. The number of hydrogen-bond donors (Lipinski definition) is 2. The first-order valence-electron chi connectivity index (χ1n) is 5.65. The minimum atomic E-state index is -0.353. The highest BCUT2D eigenvalue weighted by atomic mass is 35.5. The maximum absolute atomic E-state index is 13.4. The van der Waals surface area contributed by atoms with E-state index in [0.717, 1.165) is 11.3 Å². The van der Waals surface area contributed by atoms with Gasteiger partial charge in [0, 0.05) is 10.7 Å². The van der Waals surface area contributed by atoms with Crippen molar-refractivity contribution in [2.45, 2.75) is 6.92 Å². The number of thiocarbonyl (C=S) groups is 1. The van der Waals surface area contributed by atoms with Crippen LogP contribution in [0.3, 0.4) is 0 Å². The van der Waals surface area contributed by atoms with Crippen LogP contribution < -0.4 is 10.6 Å². The van der Waals surface area contributed by atoms with E-state index < -0.39 is 0 Å². The molecule has 0 heterocycles. The van der Waals surface area contributed by atoms with Gasteiger partial charge in [-0.05, 0) is 49.0 Å². The zero-order valence-electron chi connectivity index (χ0n) is 10.2. The lowest BCUT2D eigenvalue weighted by Crippen LogP contribution is -2.19. The fourth-order valence-electron chi connectivity index (χ4n) is 1.52. The SMILES string of the molecule is Cc1ccc(NC(=S)Nc2ccccc2F)cc1Cl. The van der Waals surface area contributed by atoms with Crippen LogP contribution in [-0.4, -0.2) is 5.11 Å². The molecule has 2 aromatic carbocycles. The summed E-state index contributed by atoms with van der Waals surface area (Å²) >= 11 is 11.1. The minimum absolute atomic E-state index is 0.310. The van der Waals surface area contributed by atoms with Gasteiger partial charge in [-0.15, -0.1) is 0 Å². The highest BCUT2D eigenvalue weighted by Gasteiger charge is 2.04. The largest absolute Gasteiger partial charge is 0.332 e. The summed E-state index contributed by atoms with van der Waals surface area (Å²) in [7, 11) is 0. The third-order valence-corrected chi connectivity index (χ3v) is 3.16. The average Bonchev–Trinajstić information content (AvgIpc) is 2.37. The van der Waals surface area contributed by atoms with Gasteiger partial charge in [0.1, 0.15) is 5.82 Å². The smallest absolute Gasteiger partial charge is 0.175 e. The first-order chi connectivity index (χ1) is 9.06. The van der Waals surface area contributed by atoms with Gasteiger partial charge < -0.3 is 10.6 Å². The lowest BCUT2D eigenvalue weighted by molar-refractivity contribution is 0.632. The van der Waals surface area contributed by atoms with E-state index in [1.54, 1.807) is 24.3 Å². The summed E-state index contributed by atoms with van der Waals surface area (Å²) in [6.45, 7) is 1.92. The molecular formula is C14H12ClFN2S. The van der Waals surface area contributed by atoms with Crippen LogP contribution in [0.4, 0.5) is 15.8 Å². The van der Waals surface area contributed by atoms with Gasteiger partial charge in [0.2, 0.25) is 0 Å². The molecule has 0 fully saturated rings. The molecule has 0 bridgehead atoms. The molecule has 2 rings (SSSR count). The van der Waals surface area contributed by atoms with Crippen LogP contribution in [-0.2, 0) is 0 Å². The van der Waals surface area contributed by atoms with Crippen molar-refractivity contribution in [2.24, 2.45) is 0 Å². The predicted octanol–water partition coefficient (Wildman–Crippen LogP) is 4.60. The fourth-order valence-corrected chi connectivity index (χ4v) is 1.93. The van der Waals surface area contributed by atoms with Gasteiger partial charge in [-0.3, -0.25) is 0 Å². The van der Waals surface area contributed by atoms with Crippen LogP contribution in [0.25, 0.3) is 0 Å². The fraction of sp³-hybridized carbons (Fsp3) is 0.0714. The molecule has 0 aliphatic carbocycles. The molecule has 0 aromatic heterocycles. The molecule has 98 valence electrons. The predicted molar refractivity (Wildman–Crippen MR) is 82.4 cm³/mol. The van der Waals surface area contributed by atoms with Crippen LogP contribution in [0, 0.1) is 12.7 Å². The maximum Gasteiger partial charge on any atom is 0.175 e. The quantitative estimate of drug-likeness (QED) is 0.792. The van der Waals surface area contributed by atoms with Crippen molar-refractivity contribution in [3.05, 3.63) is 58.9 Å². The topological polar surface area (TPSA) is 24.1 Å². The van der Waals surface area contributed by atoms with Crippen LogP contribution in [0.5, 0.6) is 0 Å². The number of halogens is 2. The Morgan fingerprint density at radius 1 is 1.16 bits per heavy atom. The Bertz CT molecular complexity index is 616. The number of para-hydroxylation sites is 1. The lowest BCUT2D eigenvalue weighted by Gasteiger charge is -2.11. The van der Waals surface area contributed by atoms with Gasteiger partial charge in [-0.25, -0.2) is 4.39 Å².